The highest BCUT2D eigenvalue weighted by atomic mass is 35.5. The highest BCUT2D eigenvalue weighted by Crippen LogP contribution is 2.59. The molecule has 1 atom stereocenters. The van der Waals surface area contributed by atoms with Gasteiger partial charge >= 0.3 is 0 Å². The van der Waals surface area contributed by atoms with Crippen LogP contribution in [-0.4, -0.2) is 48.1 Å². The summed E-state index contributed by atoms with van der Waals surface area (Å²) < 4.78 is 5.91. The predicted molar refractivity (Wildman–Crippen MR) is 102 cm³/mol. The quantitative estimate of drug-likeness (QED) is 0.865. The number of halogens is 2. The van der Waals surface area contributed by atoms with Crippen LogP contribution in [-0.2, 0) is 4.79 Å². The lowest BCUT2D eigenvalue weighted by molar-refractivity contribution is -0.135. The molecular formula is C18H27Cl2N3O2. The fourth-order valence-corrected chi connectivity index (χ4v) is 4.18. The van der Waals surface area contributed by atoms with Crippen LogP contribution in [0.25, 0.3) is 0 Å². The highest BCUT2D eigenvalue weighted by molar-refractivity contribution is 5.85. The van der Waals surface area contributed by atoms with Crippen molar-refractivity contribution < 1.29 is 9.53 Å². The number of carbonyl (C=O) groups is 1. The van der Waals surface area contributed by atoms with Crippen molar-refractivity contribution in [3.05, 3.63) is 24.4 Å². The van der Waals surface area contributed by atoms with Crippen molar-refractivity contribution >= 4 is 30.7 Å². The average Bonchev–Trinajstić information content (AvgIpc) is 3.29. The number of likely N-dealkylation sites (tertiary alicyclic amines) is 1. The first kappa shape index (κ1) is 20.3. The minimum Gasteiger partial charge on any atom is -0.474 e. The smallest absolute Gasteiger partial charge is 0.226 e. The first-order valence-corrected chi connectivity index (χ1v) is 8.84. The number of aromatic nitrogens is 1. The zero-order chi connectivity index (χ0) is 15.7. The Bertz CT molecular complexity index is 559. The van der Waals surface area contributed by atoms with E-state index < -0.39 is 0 Å². The number of nitrogens with zero attached hydrogens (tertiary/aromatic N) is 2. The summed E-state index contributed by atoms with van der Waals surface area (Å²) in [4.78, 5) is 19.0. The fourth-order valence-electron chi connectivity index (χ4n) is 4.18. The number of piperidine rings is 2. The second-order valence-electron chi connectivity index (χ2n) is 7.18. The van der Waals surface area contributed by atoms with Crippen molar-refractivity contribution in [2.24, 2.45) is 11.3 Å². The summed E-state index contributed by atoms with van der Waals surface area (Å²) in [5, 5.41) is 3.40. The zero-order valence-corrected chi connectivity index (χ0v) is 16.0. The SMILES string of the molecule is Cl.Cl.O=C(C1CC12CCNCC2)N1CCC(Oc2ccccn2)CC1. The van der Waals surface area contributed by atoms with Gasteiger partial charge in [-0.15, -0.1) is 24.8 Å². The predicted octanol–water partition coefficient (Wildman–Crippen LogP) is 2.68. The third-order valence-corrected chi connectivity index (χ3v) is 5.77. The van der Waals surface area contributed by atoms with Gasteiger partial charge in [0.1, 0.15) is 6.10 Å². The molecular weight excluding hydrogens is 361 g/mol. The molecule has 1 aromatic heterocycles. The molecule has 2 aliphatic heterocycles. The summed E-state index contributed by atoms with van der Waals surface area (Å²) in [6.07, 6.45) is 7.19. The van der Waals surface area contributed by atoms with Crippen molar-refractivity contribution in [1.82, 2.24) is 15.2 Å². The third-order valence-electron chi connectivity index (χ3n) is 5.77. The van der Waals surface area contributed by atoms with E-state index in [1.165, 1.54) is 12.8 Å². The molecule has 1 amide bonds. The first-order chi connectivity index (χ1) is 11.3. The van der Waals surface area contributed by atoms with Gasteiger partial charge in [0.2, 0.25) is 11.8 Å². The highest BCUT2D eigenvalue weighted by Gasteiger charge is 2.58. The molecule has 1 spiro atoms. The van der Waals surface area contributed by atoms with E-state index in [1.54, 1.807) is 6.20 Å². The van der Waals surface area contributed by atoms with Gasteiger partial charge in [-0.2, -0.15) is 0 Å². The van der Waals surface area contributed by atoms with E-state index in [2.05, 4.69) is 15.2 Å². The van der Waals surface area contributed by atoms with Crippen LogP contribution in [0.5, 0.6) is 5.88 Å². The lowest BCUT2D eigenvalue weighted by Gasteiger charge is -2.33. The minimum absolute atomic E-state index is 0. The number of pyridine rings is 1. The van der Waals surface area contributed by atoms with E-state index in [1.807, 2.05) is 18.2 Å². The van der Waals surface area contributed by atoms with Gasteiger partial charge in [0.25, 0.3) is 0 Å². The van der Waals surface area contributed by atoms with Crippen LogP contribution in [0.4, 0.5) is 0 Å². The Balaban J connectivity index is 0.00000113. The van der Waals surface area contributed by atoms with Crippen molar-refractivity contribution in [3.63, 3.8) is 0 Å². The summed E-state index contributed by atoms with van der Waals surface area (Å²) in [6.45, 7) is 3.79. The molecule has 1 aromatic rings. The Morgan fingerprint density at radius 2 is 1.92 bits per heavy atom. The monoisotopic (exact) mass is 387 g/mol. The van der Waals surface area contributed by atoms with E-state index in [9.17, 15) is 4.79 Å². The van der Waals surface area contributed by atoms with Gasteiger partial charge in [0, 0.05) is 44.1 Å². The van der Waals surface area contributed by atoms with Crippen LogP contribution in [0.3, 0.4) is 0 Å². The minimum atomic E-state index is 0. The van der Waals surface area contributed by atoms with Crippen LogP contribution in [0.15, 0.2) is 24.4 Å². The number of nitrogens with one attached hydrogen (secondary N) is 1. The summed E-state index contributed by atoms with van der Waals surface area (Å²) >= 11 is 0. The molecule has 3 fully saturated rings. The molecule has 140 valence electrons. The normalized spacial score (nSPS) is 24.8. The van der Waals surface area contributed by atoms with Gasteiger partial charge in [-0.05, 0) is 43.8 Å². The maximum atomic E-state index is 12.8. The van der Waals surface area contributed by atoms with Gasteiger partial charge in [0.15, 0.2) is 0 Å². The Morgan fingerprint density at radius 1 is 1.20 bits per heavy atom. The molecule has 0 radical (unpaired) electrons. The molecule has 4 rings (SSSR count). The third kappa shape index (κ3) is 4.39. The van der Waals surface area contributed by atoms with Gasteiger partial charge in [-0.1, -0.05) is 6.07 Å². The van der Waals surface area contributed by atoms with Crippen LogP contribution < -0.4 is 10.1 Å². The largest absolute Gasteiger partial charge is 0.474 e. The number of hydrogen-bond acceptors (Lipinski definition) is 4. The molecule has 1 saturated carbocycles. The average molecular weight is 388 g/mol. The first-order valence-electron chi connectivity index (χ1n) is 8.84. The Morgan fingerprint density at radius 3 is 2.56 bits per heavy atom. The maximum Gasteiger partial charge on any atom is 0.226 e. The maximum absolute atomic E-state index is 12.8. The van der Waals surface area contributed by atoms with E-state index in [-0.39, 0.29) is 36.8 Å². The molecule has 3 aliphatic rings. The standard InChI is InChI=1S/C18H25N3O2.2ClH/c22-17(15-13-18(15)6-9-19-10-7-18)21-11-4-14(5-12-21)23-16-3-1-2-8-20-16;;/h1-3,8,14-15,19H,4-7,9-13H2;2*1H. The van der Waals surface area contributed by atoms with Crippen LogP contribution >= 0.6 is 24.8 Å². The zero-order valence-electron chi connectivity index (χ0n) is 14.4. The van der Waals surface area contributed by atoms with Gasteiger partial charge in [-0.25, -0.2) is 4.98 Å². The summed E-state index contributed by atoms with van der Waals surface area (Å²) in [6, 6.07) is 5.72. The summed E-state index contributed by atoms with van der Waals surface area (Å²) in [5.41, 5.74) is 0.337. The molecule has 7 heteroatoms. The molecule has 2 saturated heterocycles. The number of rotatable bonds is 3. The number of ether oxygens (including phenoxy) is 1. The van der Waals surface area contributed by atoms with Gasteiger partial charge in [0.05, 0.1) is 0 Å². The van der Waals surface area contributed by atoms with Crippen LogP contribution in [0, 0.1) is 11.3 Å². The lowest BCUT2D eigenvalue weighted by Crippen LogP contribution is -2.43. The van der Waals surface area contributed by atoms with Crippen LogP contribution in [0.2, 0.25) is 0 Å². The number of hydrogen-bond donors (Lipinski definition) is 1. The van der Waals surface area contributed by atoms with Crippen LogP contribution in [0.1, 0.15) is 32.1 Å². The summed E-state index contributed by atoms with van der Waals surface area (Å²) in [7, 11) is 0. The number of amides is 1. The Labute approximate surface area is 161 Å². The second kappa shape index (κ2) is 8.56. The molecule has 1 aliphatic carbocycles. The van der Waals surface area contributed by atoms with Crippen molar-refractivity contribution in [3.8, 4) is 5.88 Å². The molecule has 1 unspecified atom stereocenters. The Hall–Kier alpha value is -1.04. The number of carbonyl (C=O) groups excluding carboxylic acids is 1. The molecule has 1 N–H and O–H groups in total. The van der Waals surface area contributed by atoms with E-state index in [0.717, 1.165) is 45.4 Å². The molecule has 25 heavy (non-hydrogen) atoms. The topological polar surface area (TPSA) is 54.5 Å². The van der Waals surface area contributed by atoms with Crippen molar-refractivity contribution in [2.45, 2.75) is 38.2 Å². The summed E-state index contributed by atoms with van der Waals surface area (Å²) in [5.74, 6) is 1.37. The van der Waals surface area contributed by atoms with Gasteiger partial charge < -0.3 is 15.0 Å². The molecule has 3 heterocycles. The Kier molecular flexibility index (Phi) is 6.94. The molecule has 0 bridgehead atoms. The van der Waals surface area contributed by atoms with Crippen molar-refractivity contribution in [1.29, 1.82) is 0 Å². The van der Waals surface area contributed by atoms with E-state index in [4.69, 9.17) is 4.74 Å². The van der Waals surface area contributed by atoms with E-state index in [0.29, 0.717) is 17.2 Å². The molecule has 0 aromatic carbocycles. The fraction of sp³-hybridized carbons (Fsp3) is 0.667. The lowest BCUT2D eigenvalue weighted by atomic mass is 9.91. The van der Waals surface area contributed by atoms with Gasteiger partial charge in [-0.3, -0.25) is 4.79 Å². The van der Waals surface area contributed by atoms with E-state index >= 15 is 0 Å². The van der Waals surface area contributed by atoms with Crippen molar-refractivity contribution in [2.75, 3.05) is 26.2 Å². The molecule has 5 nitrogen and oxygen atoms in total. The second-order valence-corrected chi connectivity index (χ2v) is 7.18.